The largest absolute Gasteiger partial charge is 0.371 e. The van der Waals surface area contributed by atoms with Gasteiger partial charge in [0.05, 0.1) is 28.0 Å². The number of hydrogen-bond acceptors (Lipinski definition) is 6. The second-order valence-electron chi connectivity index (χ2n) is 9.54. The van der Waals surface area contributed by atoms with Crippen LogP contribution in [0.1, 0.15) is 39.5 Å². The summed E-state index contributed by atoms with van der Waals surface area (Å²) in [6, 6.07) is 13.4. The van der Waals surface area contributed by atoms with Gasteiger partial charge in [0.25, 0.3) is 0 Å². The standard InChI is InChI=1S/C28H33ClFN7/c1-3-13-35(14-4-2)22-11-15-36(16-12-22)21-6-8-23(9-7-21)37-28-24(18-33-37)27(31-19-32-28)34-26-10-5-20(30)17-25(26)29/h5-10,17-19,22H,3-4,11-16H2,1-2H3,(H,31,32,34). The third-order valence-corrected chi connectivity index (χ3v) is 7.32. The Balaban J connectivity index is 1.30. The molecular formula is C28H33ClFN7. The van der Waals surface area contributed by atoms with Gasteiger partial charge in [0.2, 0.25) is 0 Å². The fourth-order valence-corrected chi connectivity index (χ4v) is 5.41. The molecule has 194 valence electrons. The van der Waals surface area contributed by atoms with Crippen LogP contribution < -0.4 is 10.2 Å². The predicted molar refractivity (Wildman–Crippen MR) is 149 cm³/mol. The van der Waals surface area contributed by atoms with Crippen molar-refractivity contribution in [3.05, 3.63) is 65.8 Å². The number of aromatic nitrogens is 4. The fraction of sp³-hybridized carbons (Fsp3) is 0.393. The lowest BCUT2D eigenvalue weighted by atomic mass is 10.0. The Hall–Kier alpha value is -3.23. The average molecular weight is 522 g/mol. The van der Waals surface area contributed by atoms with Crippen molar-refractivity contribution in [3.63, 3.8) is 0 Å². The molecule has 1 N–H and O–H groups in total. The minimum atomic E-state index is -0.390. The van der Waals surface area contributed by atoms with Gasteiger partial charge in [-0.1, -0.05) is 25.4 Å². The molecule has 0 amide bonds. The van der Waals surface area contributed by atoms with E-state index in [1.54, 1.807) is 16.9 Å². The topological polar surface area (TPSA) is 62.1 Å². The van der Waals surface area contributed by atoms with Crippen molar-refractivity contribution in [1.82, 2.24) is 24.6 Å². The number of halogens is 2. The Morgan fingerprint density at radius 2 is 1.70 bits per heavy atom. The number of piperidine rings is 1. The van der Waals surface area contributed by atoms with E-state index in [-0.39, 0.29) is 10.8 Å². The predicted octanol–water partition coefficient (Wildman–Crippen LogP) is 6.44. The van der Waals surface area contributed by atoms with Crippen molar-refractivity contribution in [2.24, 2.45) is 0 Å². The Bertz CT molecular complexity index is 1330. The SMILES string of the molecule is CCCN(CCC)C1CCN(c2ccc(-n3ncc4c(Nc5ccc(F)cc5Cl)ncnc43)cc2)CC1. The maximum Gasteiger partial charge on any atom is 0.168 e. The van der Waals surface area contributed by atoms with E-state index in [9.17, 15) is 4.39 Å². The minimum absolute atomic E-state index is 0.280. The van der Waals surface area contributed by atoms with E-state index in [0.717, 1.165) is 24.2 Å². The second-order valence-corrected chi connectivity index (χ2v) is 9.94. The third kappa shape index (κ3) is 5.55. The van der Waals surface area contributed by atoms with Crippen LogP contribution in [0.4, 0.5) is 21.6 Å². The molecule has 3 heterocycles. The number of fused-ring (bicyclic) bond motifs is 1. The van der Waals surface area contributed by atoms with Gasteiger partial charge < -0.3 is 15.1 Å². The summed E-state index contributed by atoms with van der Waals surface area (Å²) < 4.78 is 15.2. The zero-order valence-corrected chi connectivity index (χ0v) is 22.1. The van der Waals surface area contributed by atoms with Crippen LogP contribution in [-0.4, -0.2) is 56.9 Å². The summed E-state index contributed by atoms with van der Waals surface area (Å²) in [5, 5.41) is 8.77. The summed E-state index contributed by atoms with van der Waals surface area (Å²) in [7, 11) is 0. The van der Waals surface area contributed by atoms with Gasteiger partial charge in [-0.3, -0.25) is 0 Å². The van der Waals surface area contributed by atoms with Crippen LogP contribution >= 0.6 is 11.6 Å². The van der Waals surface area contributed by atoms with Crippen molar-refractivity contribution < 1.29 is 4.39 Å². The van der Waals surface area contributed by atoms with Gasteiger partial charge in [-0.05, 0) is 81.2 Å². The van der Waals surface area contributed by atoms with Gasteiger partial charge in [0.15, 0.2) is 5.65 Å². The normalized spacial score (nSPS) is 14.6. The first-order chi connectivity index (χ1) is 18.1. The number of benzene rings is 2. The van der Waals surface area contributed by atoms with Crippen LogP contribution in [0.25, 0.3) is 16.7 Å². The van der Waals surface area contributed by atoms with E-state index in [1.807, 2.05) is 0 Å². The number of nitrogens with zero attached hydrogens (tertiary/aromatic N) is 6. The quantitative estimate of drug-likeness (QED) is 0.273. The fourth-order valence-electron chi connectivity index (χ4n) is 5.20. The highest BCUT2D eigenvalue weighted by Crippen LogP contribution is 2.30. The van der Waals surface area contributed by atoms with Crippen molar-refractivity contribution in [3.8, 4) is 5.69 Å². The van der Waals surface area contributed by atoms with E-state index in [0.29, 0.717) is 23.2 Å². The average Bonchev–Trinajstić information content (AvgIpc) is 3.36. The highest BCUT2D eigenvalue weighted by Gasteiger charge is 2.24. The monoisotopic (exact) mass is 521 g/mol. The molecule has 4 aromatic rings. The molecule has 9 heteroatoms. The summed E-state index contributed by atoms with van der Waals surface area (Å²) in [6.07, 6.45) is 8.05. The molecule has 37 heavy (non-hydrogen) atoms. The van der Waals surface area contributed by atoms with Crippen LogP contribution in [-0.2, 0) is 0 Å². The van der Waals surface area contributed by atoms with Crippen LogP contribution in [0.3, 0.4) is 0 Å². The first-order valence-electron chi connectivity index (χ1n) is 13.1. The van der Waals surface area contributed by atoms with Crippen LogP contribution in [0.2, 0.25) is 5.02 Å². The molecule has 0 saturated carbocycles. The maximum absolute atomic E-state index is 13.4. The van der Waals surface area contributed by atoms with E-state index < -0.39 is 0 Å². The number of rotatable bonds is 9. The zero-order valence-electron chi connectivity index (χ0n) is 21.4. The highest BCUT2D eigenvalue weighted by molar-refractivity contribution is 6.33. The molecule has 5 rings (SSSR count). The molecule has 0 spiro atoms. The molecule has 0 atom stereocenters. The van der Waals surface area contributed by atoms with E-state index in [4.69, 9.17) is 11.6 Å². The van der Waals surface area contributed by atoms with Gasteiger partial charge in [-0.15, -0.1) is 0 Å². The molecule has 2 aromatic heterocycles. The molecule has 7 nitrogen and oxygen atoms in total. The van der Waals surface area contributed by atoms with Crippen molar-refractivity contribution in [2.45, 2.75) is 45.6 Å². The Kier molecular flexibility index (Phi) is 7.86. The van der Waals surface area contributed by atoms with Crippen molar-refractivity contribution in [2.75, 3.05) is 36.4 Å². The molecule has 2 aromatic carbocycles. The molecule has 0 bridgehead atoms. The van der Waals surface area contributed by atoms with Crippen molar-refractivity contribution in [1.29, 1.82) is 0 Å². The van der Waals surface area contributed by atoms with Crippen LogP contribution in [0, 0.1) is 5.82 Å². The summed E-state index contributed by atoms with van der Waals surface area (Å²) in [5.74, 6) is 0.170. The highest BCUT2D eigenvalue weighted by atomic mass is 35.5. The van der Waals surface area contributed by atoms with E-state index in [2.05, 4.69) is 68.3 Å². The van der Waals surface area contributed by atoms with Gasteiger partial charge in [0, 0.05) is 24.8 Å². The first kappa shape index (κ1) is 25.4. The zero-order chi connectivity index (χ0) is 25.8. The molecule has 1 saturated heterocycles. The van der Waals surface area contributed by atoms with E-state index in [1.165, 1.54) is 62.9 Å². The summed E-state index contributed by atoms with van der Waals surface area (Å²) >= 11 is 6.19. The minimum Gasteiger partial charge on any atom is -0.371 e. The first-order valence-corrected chi connectivity index (χ1v) is 13.5. The van der Waals surface area contributed by atoms with E-state index >= 15 is 0 Å². The molecular weight excluding hydrogens is 489 g/mol. The number of hydrogen-bond donors (Lipinski definition) is 1. The lowest BCUT2D eigenvalue weighted by molar-refractivity contribution is 0.169. The third-order valence-electron chi connectivity index (χ3n) is 7.01. The summed E-state index contributed by atoms with van der Waals surface area (Å²) in [4.78, 5) is 14.0. The molecule has 1 aliphatic rings. The molecule has 1 aliphatic heterocycles. The van der Waals surface area contributed by atoms with Crippen LogP contribution in [0.5, 0.6) is 0 Å². The summed E-state index contributed by atoms with van der Waals surface area (Å²) in [6.45, 7) is 9.09. The lowest BCUT2D eigenvalue weighted by Crippen LogP contribution is -2.45. The molecule has 0 radical (unpaired) electrons. The molecule has 1 fully saturated rings. The van der Waals surface area contributed by atoms with Crippen LogP contribution in [0.15, 0.2) is 55.0 Å². The Labute approximate surface area is 222 Å². The number of anilines is 3. The maximum atomic E-state index is 13.4. The van der Waals surface area contributed by atoms with Gasteiger partial charge in [-0.25, -0.2) is 19.0 Å². The molecule has 0 aliphatic carbocycles. The Morgan fingerprint density at radius 3 is 2.38 bits per heavy atom. The van der Waals surface area contributed by atoms with Gasteiger partial charge in [-0.2, -0.15) is 5.10 Å². The van der Waals surface area contributed by atoms with Crippen molar-refractivity contribution >= 4 is 39.8 Å². The lowest BCUT2D eigenvalue weighted by Gasteiger charge is -2.39. The number of nitrogens with one attached hydrogen (secondary N) is 1. The second kappa shape index (κ2) is 11.4. The van der Waals surface area contributed by atoms with Gasteiger partial charge >= 0.3 is 0 Å². The smallest absolute Gasteiger partial charge is 0.168 e. The Morgan fingerprint density at radius 1 is 1.00 bits per heavy atom. The molecule has 0 unspecified atom stereocenters. The van der Waals surface area contributed by atoms with Gasteiger partial charge in [0.1, 0.15) is 18.0 Å². The summed E-state index contributed by atoms with van der Waals surface area (Å²) in [5.41, 5.74) is 3.40.